The van der Waals surface area contributed by atoms with Crippen LogP contribution in [0.2, 0.25) is 0 Å². The SMILES string of the molecule is Cc1c(C)c2c(c(C)c1OCc1ccccc1)CCC(C)(CNCCOc1ccccc1C=O)O2. The highest BCUT2D eigenvalue weighted by Crippen LogP contribution is 2.43. The van der Waals surface area contributed by atoms with Crippen molar-refractivity contribution in [2.75, 3.05) is 19.7 Å². The number of carbonyl (C=O) groups is 1. The highest BCUT2D eigenvalue weighted by molar-refractivity contribution is 5.79. The van der Waals surface area contributed by atoms with Crippen LogP contribution >= 0.6 is 0 Å². The average Bonchev–Trinajstić information content (AvgIpc) is 2.88. The normalized spacial score (nSPS) is 16.8. The summed E-state index contributed by atoms with van der Waals surface area (Å²) < 4.78 is 18.7. The Balaban J connectivity index is 1.37. The van der Waals surface area contributed by atoms with Crippen LogP contribution in [-0.4, -0.2) is 31.6 Å². The summed E-state index contributed by atoms with van der Waals surface area (Å²) in [4.78, 5) is 11.1. The first-order valence-electron chi connectivity index (χ1n) is 12.3. The minimum atomic E-state index is -0.302. The van der Waals surface area contributed by atoms with Gasteiger partial charge < -0.3 is 19.5 Å². The summed E-state index contributed by atoms with van der Waals surface area (Å²) in [6.45, 7) is 11.0. The van der Waals surface area contributed by atoms with Gasteiger partial charge in [-0.2, -0.15) is 0 Å². The standard InChI is InChI=1S/C30H35NO4/c1-21-22(2)29-26(23(3)28(21)34-19-24-10-6-5-7-11-24)14-15-30(4,35-29)20-31-16-17-33-27-13-9-8-12-25(27)18-32/h5-13,18,31H,14-17,19-20H2,1-4H3. The zero-order chi connectivity index (χ0) is 24.8. The van der Waals surface area contributed by atoms with Gasteiger partial charge in [0, 0.05) is 18.7 Å². The molecule has 1 atom stereocenters. The topological polar surface area (TPSA) is 56.8 Å². The van der Waals surface area contributed by atoms with E-state index in [1.165, 1.54) is 11.1 Å². The molecule has 3 aromatic rings. The summed E-state index contributed by atoms with van der Waals surface area (Å²) in [7, 11) is 0. The van der Waals surface area contributed by atoms with Crippen LogP contribution in [0.5, 0.6) is 17.2 Å². The van der Waals surface area contributed by atoms with E-state index in [2.05, 4.69) is 45.1 Å². The lowest BCUT2D eigenvalue weighted by Gasteiger charge is -2.38. The lowest BCUT2D eigenvalue weighted by atomic mass is 9.87. The Morgan fingerprint density at radius 2 is 1.71 bits per heavy atom. The van der Waals surface area contributed by atoms with Gasteiger partial charge in [-0.05, 0) is 74.9 Å². The highest BCUT2D eigenvalue weighted by atomic mass is 16.5. The van der Waals surface area contributed by atoms with Gasteiger partial charge in [-0.25, -0.2) is 0 Å². The molecule has 0 radical (unpaired) electrons. The summed E-state index contributed by atoms with van der Waals surface area (Å²) in [6.07, 6.45) is 2.69. The molecule has 4 rings (SSSR count). The van der Waals surface area contributed by atoms with E-state index in [4.69, 9.17) is 14.2 Å². The molecule has 5 nitrogen and oxygen atoms in total. The summed E-state index contributed by atoms with van der Waals surface area (Å²) in [6, 6.07) is 17.5. The minimum Gasteiger partial charge on any atom is -0.492 e. The molecule has 5 heteroatoms. The Labute approximate surface area is 208 Å². The first-order valence-corrected chi connectivity index (χ1v) is 12.3. The van der Waals surface area contributed by atoms with Crippen molar-refractivity contribution >= 4 is 6.29 Å². The Morgan fingerprint density at radius 1 is 0.971 bits per heavy atom. The number of para-hydroxylation sites is 1. The second-order valence-electron chi connectivity index (χ2n) is 9.52. The molecule has 35 heavy (non-hydrogen) atoms. The molecular formula is C30H35NO4. The third kappa shape index (κ3) is 5.68. The predicted octanol–water partition coefficient (Wildman–Crippen LogP) is 5.76. The molecule has 1 heterocycles. The van der Waals surface area contributed by atoms with Crippen LogP contribution in [0.15, 0.2) is 54.6 Å². The molecule has 1 aliphatic rings. The molecule has 0 bridgehead atoms. The molecule has 1 aliphatic heterocycles. The van der Waals surface area contributed by atoms with E-state index < -0.39 is 0 Å². The van der Waals surface area contributed by atoms with Crippen LogP contribution in [0.1, 0.15) is 51.5 Å². The summed E-state index contributed by atoms with van der Waals surface area (Å²) >= 11 is 0. The van der Waals surface area contributed by atoms with Crippen LogP contribution in [0.3, 0.4) is 0 Å². The molecule has 0 spiro atoms. The first kappa shape index (κ1) is 24.8. The fourth-order valence-electron chi connectivity index (χ4n) is 4.65. The van der Waals surface area contributed by atoms with Gasteiger partial charge in [0.25, 0.3) is 0 Å². The van der Waals surface area contributed by atoms with E-state index >= 15 is 0 Å². The molecule has 3 aromatic carbocycles. The Bertz CT molecular complexity index is 1170. The van der Waals surface area contributed by atoms with Crippen molar-refractivity contribution in [2.45, 2.75) is 52.7 Å². The maximum absolute atomic E-state index is 11.1. The van der Waals surface area contributed by atoms with Crippen molar-refractivity contribution in [2.24, 2.45) is 0 Å². The van der Waals surface area contributed by atoms with Crippen molar-refractivity contribution in [1.82, 2.24) is 5.32 Å². The molecule has 1 unspecified atom stereocenters. The maximum atomic E-state index is 11.1. The van der Waals surface area contributed by atoms with Crippen LogP contribution in [0.4, 0.5) is 0 Å². The van der Waals surface area contributed by atoms with Crippen molar-refractivity contribution in [3.05, 3.63) is 88.0 Å². The van der Waals surface area contributed by atoms with Gasteiger partial charge in [0.2, 0.25) is 0 Å². The molecule has 0 amide bonds. The van der Waals surface area contributed by atoms with Crippen LogP contribution in [-0.2, 0) is 13.0 Å². The fourth-order valence-corrected chi connectivity index (χ4v) is 4.65. The van der Waals surface area contributed by atoms with Gasteiger partial charge >= 0.3 is 0 Å². The van der Waals surface area contributed by atoms with Gasteiger partial charge in [0.05, 0.1) is 5.56 Å². The largest absolute Gasteiger partial charge is 0.492 e. The van der Waals surface area contributed by atoms with Gasteiger partial charge in [0.15, 0.2) is 6.29 Å². The molecule has 184 valence electrons. The quantitative estimate of drug-likeness (QED) is 0.300. The average molecular weight is 474 g/mol. The third-order valence-electron chi connectivity index (χ3n) is 6.87. The smallest absolute Gasteiger partial charge is 0.153 e. The number of hydrogen-bond donors (Lipinski definition) is 1. The molecule has 0 aromatic heterocycles. The monoisotopic (exact) mass is 473 g/mol. The van der Waals surface area contributed by atoms with Crippen LogP contribution < -0.4 is 19.5 Å². The van der Waals surface area contributed by atoms with Crippen molar-refractivity contribution in [1.29, 1.82) is 0 Å². The Kier molecular flexibility index (Phi) is 7.76. The lowest BCUT2D eigenvalue weighted by Crippen LogP contribution is -2.46. The van der Waals surface area contributed by atoms with Crippen LogP contribution in [0, 0.1) is 20.8 Å². The Hall–Kier alpha value is -3.31. The van der Waals surface area contributed by atoms with Gasteiger partial charge in [-0.3, -0.25) is 4.79 Å². The third-order valence-corrected chi connectivity index (χ3v) is 6.87. The minimum absolute atomic E-state index is 0.302. The number of ether oxygens (including phenoxy) is 3. The molecule has 0 saturated heterocycles. The summed E-state index contributed by atoms with van der Waals surface area (Å²) in [5.41, 5.74) is 6.14. The highest BCUT2D eigenvalue weighted by Gasteiger charge is 2.34. The van der Waals surface area contributed by atoms with Crippen LogP contribution in [0.25, 0.3) is 0 Å². The number of carbonyl (C=O) groups excluding carboxylic acids is 1. The van der Waals surface area contributed by atoms with Gasteiger partial charge in [0.1, 0.15) is 36.1 Å². The number of fused-ring (bicyclic) bond motifs is 1. The zero-order valence-electron chi connectivity index (χ0n) is 21.1. The number of rotatable bonds is 10. The molecule has 0 fully saturated rings. The van der Waals surface area contributed by atoms with E-state index in [1.807, 2.05) is 36.4 Å². The molecule has 0 saturated carbocycles. The Morgan fingerprint density at radius 3 is 2.49 bits per heavy atom. The number of hydrogen-bond acceptors (Lipinski definition) is 5. The fraction of sp³-hybridized carbons (Fsp3) is 0.367. The summed E-state index contributed by atoms with van der Waals surface area (Å²) in [5, 5.41) is 3.47. The van der Waals surface area contributed by atoms with Gasteiger partial charge in [-0.1, -0.05) is 42.5 Å². The molecular weight excluding hydrogens is 438 g/mol. The van der Waals surface area contributed by atoms with E-state index in [0.717, 1.165) is 53.9 Å². The van der Waals surface area contributed by atoms with E-state index in [-0.39, 0.29) is 5.60 Å². The number of aldehydes is 1. The second-order valence-corrected chi connectivity index (χ2v) is 9.52. The maximum Gasteiger partial charge on any atom is 0.153 e. The molecule has 1 N–H and O–H groups in total. The number of nitrogens with one attached hydrogen (secondary N) is 1. The van der Waals surface area contributed by atoms with Crippen molar-refractivity contribution in [3.63, 3.8) is 0 Å². The zero-order valence-corrected chi connectivity index (χ0v) is 21.1. The number of benzene rings is 3. The van der Waals surface area contributed by atoms with E-state index in [0.29, 0.717) is 31.1 Å². The van der Waals surface area contributed by atoms with Gasteiger partial charge in [-0.15, -0.1) is 0 Å². The second kappa shape index (κ2) is 11.0. The summed E-state index contributed by atoms with van der Waals surface area (Å²) in [5.74, 6) is 2.59. The van der Waals surface area contributed by atoms with Crippen molar-refractivity contribution < 1.29 is 19.0 Å². The predicted molar refractivity (Wildman–Crippen MR) is 139 cm³/mol. The van der Waals surface area contributed by atoms with E-state index in [9.17, 15) is 4.79 Å². The first-order chi connectivity index (χ1) is 16.9. The lowest BCUT2D eigenvalue weighted by molar-refractivity contribution is 0.0625. The van der Waals surface area contributed by atoms with E-state index in [1.54, 1.807) is 6.07 Å². The molecule has 0 aliphatic carbocycles. The van der Waals surface area contributed by atoms with Crippen molar-refractivity contribution in [3.8, 4) is 17.2 Å².